The predicted octanol–water partition coefficient (Wildman–Crippen LogP) is 3.37. The van der Waals surface area contributed by atoms with E-state index in [4.69, 9.17) is 14.2 Å². The third-order valence-corrected chi connectivity index (χ3v) is 5.14. The van der Waals surface area contributed by atoms with E-state index in [1.165, 1.54) is 0 Å². The minimum atomic E-state index is -1.03. The molecule has 0 aromatic heterocycles. The van der Waals surface area contributed by atoms with E-state index in [0.29, 0.717) is 35.8 Å². The van der Waals surface area contributed by atoms with Gasteiger partial charge in [-0.15, -0.1) is 0 Å². The van der Waals surface area contributed by atoms with Gasteiger partial charge in [-0.1, -0.05) is 30.3 Å². The monoisotopic (exact) mass is 423 g/mol. The van der Waals surface area contributed by atoms with Crippen molar-refractivity contribution in [1.29, 1.82) is 0 Å². The summed E-state index contributed by atoms with van der Waals surface area (Å²) < 4.78 is 16.7. The molecule has 2 aromatic rings. The third kappa shape index (κ3) is 5.63. The van der Waals surface area contributed by atoms with Crippen molar-refractivity contribution < 1.29 is 28.6 Å². The molecule has 1 heterocycles. The molecule has 1 amide bonds. The van der Waals surface area contributed by atoms with Crippen molar-refractivity contribution in [2.75, 3.05) is 13.2 Å². The van der Waals surface area contributed by atoms with Gasteiger partial charge in [-0.3, -0.25) is 14.4 Å². The lowest BCUT2D eigenvalue weighted by atomic mass is 10.1. The fourth-order valence-electron chi connectivity index (χ4n) is 3.29. The molecule has 2 aliphatic rings. The van der Waals surface area contributed by atoms with Crippen LogP contribution in [0.25, 0.3) is 0 Å². The van der Waals surface area contributed by atoms with Gasteiger partial charge in [0.1, 0.15) is 0 Å². The average molecular weight is 423 g/mol. The van der Waals surface area contributed by atoms with Crippen LogP contribution in [0.3, 0.4) is 0 Å². The topological polar surface area (TPSA) is 90.9 Å². The first-order valence-electron chi connectivity index (χ1n) is 10.6. The molecule has 0 spiro atoms. The highest BCUT2D eigenvalue weighted by molar-refractivity contribution is 5.98. The number of carbonyl (C=O) groups is 3. The molecule has 1 aliphatic carbocycles. The second-order valence-electron chi connectivity index (χ2n) is 7.70. The van der Waals surface area contributed by atoms with Gasteiger partial charge in [0.05, 0.1) is 19.6 Å². The maximum atomic E-state index is 12.6. The molecule has 7 nitrogen and oxygen atoms in total. The number of carbonyl (C=O) groups excluding carboxylic acids is 3. The molecule has 0 saturated heterocycles. The highest BCUT2D eigenvalue weighted by Gasteiger charge is 2.30. The number of Topliss-reactive ketones (excluding diaryl/α,β-unsaturated/α-hetero) is 1. The lowest BCUT2D eigenvalue weighted by molar-refractivity contribution is -0.156. The van der Waals surface area contributed by atoms with Crippen LogP contribution in [0.5, 0.6) is 11.5 Å². The first-order chi connectivity index (χ1) is 15.1. The Morgan fingerprint density at radius 3 is 2.45 bits per heavy atom. The average Bonchev–Trinajstić information content (AvgIpc) is 3.62. The van der Waals surface area contributed by atoms with Crippen molar-refractivity contribution in [2.24, 2.45) is 0 Å². The fourth-order valence-corrected chi connectivity index (χ4v) is 3.29. The van der Waals surface area contributed by atoms with Gasteiger partial charge in [0.2, 0.25) is 6.10 Å². The van der Waals surface area contributed by atoms with E-state index in [-0.39, 0.29) is 30.6 Å². The molecule has 1 N–H and O–H groups in total. The number of nitrogens with one attached hydrogen (secondary N) is 1. The zero-order valence-corrected chi connectivity index (χ0v) is 17.2. The van der Waals surface area contributed by atoms with E-state index in [1.807, 2.05) is 6.07 Å². The van der Waals surface area contributed by atoms with E-state index in [2.05, 4.69) is 5.32 Å². The lowest BCUT2D eigenvalue weighted by Gasteiger charge is -2.18. The summed E-state index contributed by atoms with van der Waals surface area (Å²) in [7, 11) is 0. The van der Waals surface area contributed by atoms with Gasteiger partial charge >= 0.3 is 5.97 Å². The van der Waals surface area contributed by atoms with Crippen LogP contribution in [0.1, 0.15) is 54.1 Å². The maximum absolute atomic E-state index is 12.6. The van der Waals surface area contributed by atoms with Crippen molar-refractivity contribution in [3.63, 3.8) is 0 Å². The number of ether oxygens (including phenoxy) is 3. The fraction of sp³-hybridized carbons (Fsp3) is 0.375. The Kier molecular flexibility index (Phi) is 6.50. The van der Waals surface area contributed by atoms with E-state index < -0.39 is 12.1 Å². The number of ketones is 1. The Hall–Kier alpha value is -3.35. The summed E-state index contributed by atoms with van der Waals surface area (Å²) in [6.45, 7) is 1.10. The predicted molar refractivity (Wildman–Crippen MR) is 112 cm³/mol. The van der Waals surface area contributed by atoms with Crippen molar-refractivity contribution in [2.45, 2.75) is 44.2 Å². The van der Waals surface area contributed by atoms with Gasteiger partial charge in [-0.25, -0.2) is 0 Å². The molecular weight excluding hydrogens is 398 g/mol. The van der Waals surface area contributed by atoms with Crippen LogP contribution in [0.2, 0.25) is 0 Å². The van der Waals surface area contributed by atoms with E-state index in [0.717, 1.165) is 19.3 Å². The molecule has 1 fully saturated rings. The molecule has 1 atom stereocenters. The quantitative estimate of drug-likeness (QED) is 0.517. The molecule has 4 rings (SSSR count). The maximum Gasteiger partial charge on any atom is 0.307 e. The molecule has 0 bridgehead atoms. The van der Waals surface area contributed by atoms with Gasteiger partial charge in [0.15, 0.2) is 17.3 Å². The summed E-state index contributed by atoms with van der Waals surface area (Å²) >= 11 is 0. The van der Waals surface area contributed by atoms with Crippen molar-refractivity contribution in [3.8, 4) is 11.5 Å². The van der Waals surface area contributed by atoms with E-state index >= 15 is 0 Å². The van der Waals surface area contributed by atoms with Crippen molar-refractivity contribution in [3.05, 3.63) is 59.7 Å². The number of esters is 1. The Balaban J connectivity index is 1.36. The van der Waals surface area contributed by atoms with Crippen molar-refractivity contribution >= 4 is 17.7 Å². The van der Waals surface area contributed by atoms with Gasteiger partial charge in [-0.05, 0) is 31.0 Å². The summed E-state index contributed by atoms with van der Waals surface area (Å²) in [6, 6.07) is 14.1. The molecule has 31 heavy (non-hydrogen) atoms. The molecule has 0 radical (unpaired) electrons. The Bertz CT molecular complexity index is 954. The van der Waals surface area contributed by atoms with Gasteiger partial charge < -0.3 is 19.5 Å². The highest BCUT2D eigenvalue weighted by Crippen LogP contribution is 2.31. The number of fused-ring (bicyclic) bond motifs is 1. The largest absolute Gasteiger partial charge is 0.490 e. The molecule has 162 valence electrons. The standard InChI is InChI=1S/C24H25NO6/c26-19(17-7-11-20-21(15-17)30-14-4-13-29-20)10-12-22(27)31-23(16-5-2-1-3-6-16)24(28)25-18-8-9-18/h1-3,5-7,11,15,18,23H,4,8-10,12-14H2,(H,25,28)/t23-/m1/s1. The summed E-state index contributed by atoms with van der Waals surface area (Å²) in [6.07, 6.45) is 1.48. The van der Waals surface area contributed by atoms with Crippen LogP contribution in [0.4, 0.5) is 0 Å². The van der Waals surface area contributed by atoms with Crippen LogP contribution in [-0.2, 0) is 14.3 Å². The lowest BCUT2D eigenvalue weighted by Crippen LogP contribution is -2.33. The van der Waals surface area contributed by atoms with Gasteiger partial charge in [0.25, 0.3) is 5.91 Å². The Morgan fingerprint density at radius 1 is 0.968 bits per heavy atom. The van der Waals surface area contributed by atoms with Crippen LogP contribution in [-0.4, -0.2) is 36.9 Å². The van der Waals surface area contributed by atoms with Crippen LogP contribution < -0.4 is 14.8 Å². The smallest absolute Gasteiger partial charge is 0.307 e. The summed E-state index contributed by atoms with van der Waals surface area (Å²) in [5.41, 5.74) is 1.05. The van der Waals surface area contributed by atoms with E-state index in [9.17, 15) is 14.4 Å². The number of benzene rings is 2. The Labute approximate surface area is 180 Å². The Morgan fingerprint density at radius 2 is 1.71 bits per heavy atom. The number of hydrogen-bond donors (Lipinski definition) is 1. The minimum absolute atomic E-state index is 0.0236. The first kappa shape index (κ1) is 20.9. The van der Waals surface area contributed by atoms with Gasteiger partial charge in [0, 0.05) is 30.0 Å². The normalized spacial score (nSPS) is 16.0. The summed E-state index contributed by atoms with van der Waals surface area (Å²) in [4.78, 5) is 37.6. The zero-order chi connectivity index (χ0) is 21.6. The highest BCUT2D eigenvalue weighted by atomic mass is 16.5. The van der Waals surface area contributed by atoms with Gasteiger partial charge in [-0.2, -0.15) is 0 Å². The zero-order valence-electron chi connectivity index (χ0n) is 17.2. The molecule has 1 saturated carbocycles. The van der Waals surface area contributed by atoms with Crippen LogP contribution >= 0.6 is 0 Å². The molecule has 0 unspecified atom stereocenters. The third-order valence-electron chi connectivity index (χ3n) is 5.14. The minimum Gasteiger partial charge on any atom is -0.490 e. The molecular formula is C24H25NO6. The van der Waals surface area contributed by atoms with Crippen LogP contribution in [0.15, 0.2) is 48.5 Å². The summed E-state index contributed by atoms with van der Waals surface area (Å²) in [5.74, 6) is 0.0118. The SMILES string of the molecule is O=C(CCC(=O)c1ccc2c(c1)OCCCO2)O[C@@H](C(=O)NC1CC1)c1ccccc1. The first-order valence-corrected chi connectivity index (χ1v) is 10.6. The number of rotatable bonds is 8. The van der Waals surface area contributed by atoms with Crippen molar-refractivity contribution in [1.82, 2.24) is 5.32 Å². The second-order valence-corrected chi connectivity index (χ2v) is 7.70. The second kappa shape index (κ2) is 9.64. The summed E-state index contributed by atoms with van der Waals surface area (Å²) in [5, 5.41) is 2.87. The van der Waals surface area contributed by atoms with E-state index in [1.54, 1.807) is 42.5 Å². The molecule has 7 heteroatoms. The molecule has 2 aromatic carbocycles. The van der Waals surface area contributed by atoms with Crippen LogP contribution in [0, 0.1) is 0 Å². The molecule has 1 aliphatic heterocycles. The number of amides is 1. The number of hydrogen-bond acceptors (Lipinski definition) is 6.